The molecule has 1 amide bonds. The molecule has 1 aromatic rings. The van der Waals surface area contributed by atoms with Crippen LogP contribution in [0.15, 0.2) is 18.2 Å². The van der Waals surface area contributed by atoms with E-state index in [0.717, 1.165) is 30.6 Å². The summed E-state index contributed by atoms with van der Waals surface area (Å²) >= 11 is 0. The molecule has 20 heavy (non-hydrogen) atoms. The van der Waals surface area contributed by atoms with E-state index in [1.807, 2.05) is 24.0 Å². The summed E-state index contributed by atoms with van der Waals surface area (Å²) in [6.07, 6.45) is 2.10. The topological polar surface area (TPSA) is 41.6 Å². The summed E-state index contributed by atoms with van der Waals surface area (Å²) in [5, 5.41) is 3.34. The van der Waals surface area contributed by atoms with E-state index in [1.54, 1.807) is 0 Å². The number of benzene rings is 1. The van der Waals surface area contributed by atoms with Crippen molar-refractivity contribution in [2.24, 2.45) is 0 Å². The van der Waals surface area contributed by atoms with Gasteiger partial charge in [0.2, 0.25) is 0 Å². The summed E-state index contributed by atoms with van der Waals surface area (Å²) in [6, 6.07) is 6.23. The Balaban J connectivity index is 1.83. The lowest BCUT2D eigenvalue weighted by Gasteiger charge is -2.38. The van der Waals surface area contributed by atoms with E-state index in [1.165, 1.54) is 5.56 Å². The highest BCUT2D eigenvalue weighted by molar-refractivity contribution is 5.95. The number of amides is 1. The maximum Gasteiger partial charge on any atom is 0.254 e. The number of carbonyl (C=O) groups excluding carboxylic acids is 1. The Kier molecular flexibility index (Phi) is 3.66. The second-order valence-corrected chi connectivity index (χ2v) is 5.71. The van der Waals surface area contributed by atoms with Gasteiger partial charge in [0.05, 0.1) is 18.8 Å². The van der Waals surface area contributed by atoms with Crippen LogP contribution in [0.25, 0.3) is 0 Å². The van der Waals surface area contributed by atoms with Gasteiger partial charge < -0.3 is 15.0 Å². The molecule has 4 nitrogen and oxygen atoms in total. The normalized spacial score (nSPS) is 25.2. The summed E-state index contributed by atoms with van der Waals surface area (Å²) in [4.78, 5) is 14.7. The van der Waals surface area contributed by atoms with Crippen molar-refractivity contribution in [1.29, 1.82) is 0 Å². The van der Waals surface area contributed by atoms with Crippen LogP contribution in [-0.2, 0) is 11.2 Å². The first-order valence-electron chi connectivity index (χ1n) is 7.48. The van der Waals surface area contributed by atoms with Gasteiger partial charge in [-0.1, -0.05) is 13.0 Å². The largest absolute Gasteiger partial charge is 0.384 e. The molecule has 3 rings (SSSR count). The molecule has 2 aliphatic heterocycles. The molecule has 4 heteroatoms. The predicted molar refractivity (Wildman–Crippen MR) is 79.2 cm³/mol. The minimum absolute atomic E-state index is 0.120. The second-order valence-electron chi connectivity index (χ2n) is 5.71. The van der Waals surface area contributed by atoms with Gasteiger partial charge in [-0.15, -0.1) is 0 Å². The lowest BCUT2D eigenvalue weighted by Crippen LogP contribution is -2.51. The average Bonchev–Trinajstić information content (AvgIpc) is 2.93. The number of nitrogens with one attached hydrogen (secondary N) is 1. The van der Waals surface area contributed by atoms with Crippen LogP contribution in [0.2, 0.25) is 0 Å². The van der Waals surface area contributed by atoms with Gasteiger partial charge in [-0.25, -0.2) is 0 Å². The minimum atomic E-state index is 0.120. The zero-order valence-electron chi connectivity index (χ0n) is 12.2. The van der Waals surface area contributed by atoms with Crippen LogP contribution in [0.1, 0.15) is 36.2 Å². The molecule has 0 saturated carbocycles. The number of fused-ring (bicyclic) bond motifs is 1. The Morgan fingerprint density at radius 2 is 2.35 bits per heavy atom. The van der Waals surface area contributed by atoms with Crippen LogP contribution in [0, 0.1) is 0 Å². The van der Waals surface area contributed by atoms with Crippen LogP contribution in [0.3, 0.4) is 0 Å². The van der Waals surface area contributed by atoms with E-state index in [2.05, 4.69) is 18.3 Å². The van der Waals surface area contributed by atoms with E-state index >= 15 is 0 Å². The summed E-state index contributed by atoms with van der Waals surface area (Å²) in [5.74, 6) is 0.128. The van der Waals surface area contributed by atoms with E-state index < -0.39 is 0 Å². The fraction of sp³-hybridized carbons (Fsp3) is 0.562. The first kappa shape index (κ1) is 13.4. The van der Waals surface area contributed by atoms with E-state index in [-0.39, 0.29) is 18.1 Å². The van der Waals surface area contributed by atoms with Gasteiger partial charge in [0.1, 0.15) is 0 Å². The molecule has 1 saturated heterocycles. The minimum Gasteiger partial charge on any atom is -0.384 e. The number of anilines is 1. The highest BCUT2D eigenvalue weighted by Gasteiger charge is 2.30. The summed E-state index contributed by atoms with van der Waals surface area (Å²) in [6.45, 7) is 6.43. The van der Waals surface area contributed by atoms with Crippen molar-refractivity contribution in [3.05, 3.63) is 29.3 Å². The summed E-state index contributed by atoms with van der Waals surface area (Å²) in [5.41, 5.74) is 3.21. The molecule has 0 bridgehead atoms. The molecular weight excluding hydrogens is 252 g/mol. The Bertz CT molecular complexity index is 515. The third-order valence-electron chi connectivity index (χ3n) is 4.27. The van der Waals surface area contributed by atoms with Gasteiger partial charge in [-0.2, -0.15) is 0 Å². The van der Waals surface area contributed by atoms with Gasteiger partial charge >= 0.3 is 0 Å². The number of hydrogen-bond donors (Lipinski definition) is 1. The number of rotatable bonds is 2. The first-order chi connectivity index (χ1) is 9.69. The zero-order chi connectivity index (χ0) is 14.1. The Morgan fingerprint density at radius 1 is 1.50 bits per heavy atom. The molecule has 0 radical (unpaired) electrons. The standard InChI is InChI=1S/C16H22N2O2/c1-3-14-10-20-11(2)9-18(14)16(19)13-5-4-12-6-7-17-15(12)8-13/h4-5,8,11,14,17H,3,6-7,9-10H2,1-2H3. The van der Waals surface area contributed by atoms with E-state index in [9.17, 15) is 4.79 Å². The Labute approximate surface area is 120 Å². The number of nitrogens with zero attached hydrogens (tertiary/aromatic N) is 1. The Morgan fingerprint density at radius 3 is 3.15 bits per heavy atom. The van der Waals surface area contributed by atoms with E-state index in [4.69, 9.17) is 4.74 Å². The Hall–Kier alpha value is -1.55. The van der Waals surface area contributed by atoms with Crippen LogP contribution < -0.4 is 5.32 Å². The average molecular weight is 274 g/mol. The van der Waals surface area contributed by atoms with Gasteiger partial charge in [0, 0.05) is 24.3 Å². The van der Waals surface area contributed by atoms with Crippen molar-refractivity contribution < 1.29 is 9.53 Å². The van der Waals surface area contributed by atoms with Crippen LogP contribution >= 0.6 is 0 Å². The molecule has 2 unspecified atom stereocenters. The highest BCUT2D eigenvalue weighted by atomic mass is 16.5. The molecule has 1 aromatic carbocycles. The fourth-order valence-corrected chi connectivity index (χ4v) is 3.02. The number of hydrogen-bond acceptors (Lipinski definition) is 3. The maximum absolute atomic E-state index is 12.8. The van der Waals surface area contributed by atoms with Crippen molar-refractivity contribution in [2.45, 2.75) is 38.8 Å². The quantitative estimate of drug-likeness (QED) is 0.899. The molecule has 1 N–H and O–H groups in total. The fourth-order valence-electron chi connectivity index (χ4n) is 3.02. The first-order valence-corrected chi connectivity index (χ1v) is 7.48. The molecule has 0 aliphatic carbocycles. The smallest absolute Gasteiger partial charge is 0.254 e. The molecular formula is C16H22N2O2. The molecule has 0 spiro atoms. The van der Waals surface area contributed by atoms with Gasteiger partial charge in [-0.05, 0) is 37.5 Å². The van der Waals surface area contributed by atoms with Gasteiger partial charge in [-0.3, -0.25) is 4.79 Å². The predicted octanol–water partition coefficient (Wildman–Crippen LogP) is 2.29. The summed E-state index contributed by atoms with van der Waals surface area (Å²) < 4.78 is 5.67. The van der Waals surface area contributed by atoms with Crippen molar-refractivity contribution in [3.63, 3.8) is 0 Å². The monoisotopic (exact) mass is 274 g/mol. The third-order valence-corrected chi connectivity index (χ3v) is 4.27. The molecule has 1 fully saturated rings. The maximum atomic E-state index is 12.8. The van der Waals surface area contributed by atoms with E-state index in [0.29, 0.717) is 13.2 Å². The van der Waals surface area contributed by atoms with Crippen molar-refractivity contribution in [3.8, 4) is 0 Å². The van der Waals surface area contributed by atoms with Crippen molar-refractivity contribution >= 4 is 11.6 Å². The number of morpholine rings is 1. The third kappa shape index (κ3) is 2.40. The second kappa shape index (κ2) is 5.44. The van der Waals surface area contributed by atoms with Crippen molar-refractivity contribution in [2.75, 3.05) is 25.0 Å². The van der Waals surface area contributed by atoms with Crippen LogP contribution in [0.5, 0.6) is 0 Å². The van der Waals surface area contributed by atoms with Crippen LogP contribution in [-0.4, -0.2) is 42.6 Å². The molecule has 2 aliphatic rings. The van der Waals surface area contributed by atoms with Crippen LogP contribution in [0.4, 0.5) is 5.69 Å². The molecule has 2 heterocycles. The molecule has 0 aromatic heterocycles. The van der Waals surface area contributed by atoms with Crippen molar-refractivity contribution in [1.82, 2.24) is 4.90 Å². The lowest BCUT2D eigenvalue weighted by molar-refractivity contribution is -0.0444. The SMILES string of the molecule is CCC1COC(C)CN1C(=O)c1ccc2c(c1)NCC2. The molecule has 108 valence electrons. The highest BCUT2D eigenvalue weighted by Crippen LogP contribution is 2.25. The summed E-state index contributed by atoms with van der Waals surface area (Å²) in [7, 11) is 0. The molecule has 2 atom stereocenters. The lowest BCUT2D eigenvalue weighted by atomic mass is 10.1. The zero-order valence-corrected chi connectivity index (χ0v) is 12.2. The number of ether oxygens (including phenoxy) is 1. The van der Waals surface area contributed by atoms with Gasteiger partial charge in [0.15, 0.2) is 0 Å². The van der Waals surface area contributed by atoms with Gasteiger partial charge in [0.25, 0.3) is 5.91 Å². The number of carbonyl (C=O) groups is 1.